The number of piperazine rings is 1. The number of nitrogens with zero attached hydrogens (tertiary/aromatic N) is 2. The number of hydrogen-bond donors (Lipinski definition) is 0. The Morgan fingerprint density at radius 2 is 1.56 bits per heavy atom. The number of rotatable bonds is 6. The van der Waals surface area contributed by atoms with E-state index < -0.39 is 0 Å². The van der Waals surface area contributed by atoms with Gasteiger partial charge in [0.25, 0.3) is 0 Å². The van der Waals surface area contributed by atoms with E-state index in [2.05, 4.69) is 28.0 Å². The maximum Gasteiger partial charge on any atom is 0.231 e. The summed E-state index contributed by atoms with van der Waals surface area (Å²) in [4.78, 5) is 4.96. The van der Waals surface area contributed by atoms with E-state index in [0.717, 1.165) is 62.3 Å². The summed E-state index contributed by atoms with van der Waals surface area (Å²) in [5, 5.41) is 0. The second-order valence-electron chi connectivity index (χ2n) is 6.92. The summed E-state index contributed by atoms with van der Waals surface area (Å²) in [5.74, 6) is 3.41. The molecular formula is C21H26N2O4. The minimum atomic E-state index is 0.326. The van der Waals surface area contributed by atoms with E-state index in [0.29, 0.717) is 6.79 Å². The minimum absolute atomic E-state index is 0.326. The highest BCUT2D eigenvalue weighted by Crippen LogP contribution is 2.33. The van der Waals surface area contributed by atoms with Crippen LogP contribution in [0.2, 0.25) is 0 Å². The van der Waals surface area contributed by atoms with Gasteiger partial charge in [0.05, 0.1) is 14.2 Å². The maximum absolute atomic E-state index is 5.53. The monoisotopic (exact) mass is 370 g/mol. The number of hydrogen-bond acceptors (Lipinski definition) is 6. The third kappa shape index (κ3) is 4.12. The van der Waals surface area contributed by atoms with E-state index in [9.17, 15) is 0 Å². The Balaban J connectivity index is 1.31. The highest BCUT2D eigenvalue weighted by molar-refractivity contribution is 5.44. The Bertz CT molecular complexity index is 788. The Morgan fingerprint density at radius 3 is 2.30 bits per heavy atom. The van der Waals surface area contributed by atoms with Crippen LogP contribution in [0.1, 0.15) is 11.1 Å². The van der Waals surface area contributed by atoms with Crippen molar-refractivity contribution in [1.29, 1.82) is 0 Å². The van der Waals surface area contributed by atoms with Crippen molar-refractivity contribution in [3.05, 3.63) is 47.5 Å². The van der Waals surface area contributed by atoms with Gasteiger partial charge in [0.1, 0.15) is 11.5 Å². The molecule has 2 aliphatic heterocycles. The molecule has 2 aliphatic rings. The number of methoxy groups -OCH3 is 2. The Kier molecular flexibility index (Phi) is 5.36. The van der Waals surface area contributed by atoms with Gasteiger partial charge in [0.2, 0.25) is 6.79 Å². The third-order valence-corrected chi connectivity index (χ3v) is 5.20. The lowest BCUT2D eigenvalue weighted by Crippen LogP contribution is -2.45. The van der Waals surface area contributed by atoms with E-state index in [1.807, 2.05) is 18.2 Å². The zero-order chi connectivity index (χ0) is 18.6. The van der Waals surface area contributed by atoms with Crippen LogP contribution >= 0.6 is 0 Å². The van der Waals surface area contributed by atoms with E-state index in [1.54, 1.807) is 14.2 Å². The molecule has 2 aromatic rings. The molecular weight excluding hydrogens is 344 g/mol. The molecule has 0 bridgehead atoms. The zero-order valence-electron chi connectivity index (χ0n) is 15.9. The zero-order valence-corrected chi connectivity index (χ0v) is 15.9. The van der Waals surface area contributed by atoms with Crippen molar-refractivity contribution in [1.82, 2.24) is 9.80 Å². The average molecular weight is 370 g/mol. The third-order valence-electron chi connectivity index (χ3n) is 5.20. The van der Waals surface area contributed by atoms with Crippen molar-refractivity contribution >= 4 is 0 Å². The van der Waals surface area contributed by atoms with E-state index in [4.69, 9.17) is 18.9 Å². The smallest absolute Gasteiger partial charge is 0.231 e. The van der Waals surface area contributed by atoms with Crippen LogP contribution < -0.4 is 18.9 Å². The van der Waals surface area contributed by atoms with E-state index >= 15 is 0 Å². The minimum Gasteiger partial charge on any atom is -0.497 e. The van der Waals surface area contributed by atoms with Gasteiger partial charge in [0.15, 0.2) is 11.5 Å². The van der Waals surface area contributed by atoms with Crippen LogP contribution in [0.4, 0.5) is 0 Å². The topological polar surface area (TPSA) is 43.4 Å². The predicted molar refractivity (Wildman–Crippen MR) is 103 cm³/mol. The van der Waals surface area contributed by atoms with Crippen LogP contribution in [0.25, 0.3) is 0 Å². The normalized spacial score (nSPS) is 17.1. The molecule has 0 saturated carbocycles. The standard InChI is InChI=1S/C21H26N2O4/c1-24-18-5-4-17(20(12-18)25-2)14-23-9-7-22(8-10-23)13-16-3-6-19-21(11-16)27-15-26-19/h3-6,11-12H,7-10,13-15H2,1-2H3. The Labute approximate surface area is 160 Å². The van der Waals surface area contributed by atoms with E-state index in [1.165, 1.54) is 11.1 Å². The van der Waals surface area contributed by atoms with Crippen LogP contribution in [0, 0.1) is 0 Å². The lowest BCUT2D eigenvalue weighted by Gasteiger charge is -2.35. The van der Waals surface area contributed by atoms with Gasteiger partial charge in [-0.25, -0.2) is 0 Å². The van der Waals surface area contributed by atoms with Crippen LogP contribution in [0.15, 0.2) is 36.4 Å². The quantitative estimate of drug-likeness (QED) is 0.779. The van der Waals surface area contributed by atoms with Crippen LogP contribution in [-0.4, -0.2) is 57.0 Å². The van der Waals surface area contributed by atoms with Gasteiger partial charge in [0, 0.05) is 50.9 Å². The lowest BCUT2D eigenvalue weighted by molar-refractivity contribution is 0.121. The summed E-state index contributed by atoms with van der Waals surface area (Å²) in [7, 11) is 3.38. The number of ether oxygens (including phenoxy) is 4. The van der Waals surface area contributed by atoms with Crippen molar-refractivity contribution in [3.63, 3.8) is 0 Å². The Morgan fingerprint density at radius 1 is 0.815 bits per heavy atom. The molecule has 0 N–H and O–H groups in total. The molecule has 0 amide bonds. The lowest BCUT2D eigenvalue weighted by atomic mass is 10.1. The first kappa shape index (κ1) is 17.9. The summed E-state index contributed by atoms with van der Waals surface area (Å²) in [6.45, 7) is 6.34. The van der Waals surface area contributed by atoms with Gasteiger partial charge >= 0.3 is 0 Å². The van der Waals surface area contributed by atoms with Gasteiger partial charge in [-0.1, -0.05) is 12.1 Å². The molecule has 2 heterocycles. The second kappa shape index (κ2) is 8.06. The molecule has 4 rings (SSSR count). The van der Waals surface area contributed by atoms with Crippen LogP contribution in [0.3, 0.4) is 0 Å². The van der Waals surface area contributed by atoms with Crippen LogP contribution in [-0.2, 0) is 13.1 Å². The highest BCUT2D eigenvalue weighted by atomic mass is 16.7. The maximum atomic E-state index is 5.53. The second-order valence-corrected chi connectivity index (χ2v) is 6.92. The van der Waals surface area contributed by atoms with Crippen LogP contribution in [0.5, 0.6) is 23.0 Å². The highest BCUT2D eigenvalue weighted by Gasteiger charge is 2.20. The van der Waals surface area contributed by atoms with Gasteiger partial charge < -0.3 is 18.9 Å². The molecule has 6 heteroatoms. The van der Waals surface area contributed by atoms with Crippen molar-refractivity contribution in [3.8, 4) is 23.0 Å². The first-order valence-corrected chi connectivity index (χ1v) is 9.29. The summed E-state index contributed by atoms with van der Waals surface area (Å²) in [6.07, 6.45) is 0. The molecule has 0 spiro atoms. The molecule has 1 saturated heterocycles. The molecule has 0 aromatic heterocycles. The summed E-state index contributed by atoms with van der Waals surface area (Å²) in [6, 6.07) is 12.3. The number of fused-ring (bicyclic) bond motifs is 1. The first-order valence-electron chi connectivity index (χ1n) is 9.29. The molecule has 2 aromatic carbocycles. The van der Waals surface area contributed by atoms with Crippen molar-refractivity contribution in [2.24, 2.45) is 0 Å². The SMILES string of the molecule is COc1ccc(CN2CCN(Cc3ccc4c(c3)OCO4)CC2)c(OC)c1. The molecule has 0 aliphatic carbocycles. The van der Waals surface area contributed by atoms with Gasteiger partial charge in [-0.05, 0) is 23.8 Å². The molecule has 0 atom stereocenters. The fraction of sp³-hybridized carbons (Fsp3) is 0.429. The van der Waals surface area contributed by atoms with Crippen molar-refractivity contribution in [2.45, 2.75) is 13.1 Å². The molecule has 6 nitrogen and oxygen atoms in total. The van der Waals surface area contributed by atoms with E-state index in [-0.39, 0.29) is 0 Å². The van der Waals surface area contributed by atoms with Gasteiger partial charge in [-0.2, -0.15) is 0 Å². The fourth-order valence-electron chi connectivity index (χ4n) is 3.63. The Hall–Kier alpha value is -2.44. The molecule has 0 radical (unpaired) electrons. The summed E-state index contributed by atoms with van der Waals surface area (Å²) < 4.78 is 21.7. The molecule has 144 valence electrons. The summed E-state index contributed by atoms with van der Waals surface area (Å²) >= 11 is 0. The average Bonchev–Trinajstić information content (AvgIpc) is 3.17. The van der Waals surface area contributed by atoms with Gasteiger partial charge in [-0.15, -0.1) is 0 Å². The van der Waals surface area contributed by atoms with Crippen molar-refractivity contribution < 1.29 is 18.9 Å². The fourth-order valence-corrected chi connectivity index (χ4v) is 3.63. The molecule has 1 fully saturated rings. The van der Waals surface area contributed by atoms with Gasteiger partial charge in [-0.3, -0.25) is 9.80 Å². The van der Waals surface area contributed by atoms with Crippen molar-refractivity contribution in [2.75, 3.05) is 47.2 Å². The number of benzene rings is 2. The molecule has 27 heavy (non-hydrogen) atoms. The molecule has 0 unspecified atom stereocenters. The first-order chi connectivity index (χ1) is 13.2. The predicted octanol–water partition coefficient (Wildman–Crippen LogP) is 2.75. The largest absolute Gasteiger partial charge is 0.497 e. The summed E-state index contributed by atoms with van der Waals surface area (Å²) in [5.41, 5.74) is 2.46.